The van der Waals surface area contributed by atoms with E-state index in [0.29, 0.717) is 6.54 Å². The smallest absolute Gasteiger partial charge is 0.0623 e. The number of aliphatic hydroxyl groups excluding tert-OH is 1. The number of nitrogens with two attached hydrogens (primary N) is 1. The van der Waals surface area contributed by atoms with Crippen molar-refractivity contribution in [1.29, 1.82) is 0 Å². The van der Waals surface area contributed by atoms with E-state index in [1.807, 2.05) is 0 Å². The Morgan fingerprint density at radius 2 is 2.00 bits per heavy atom. The third-order valence-electron chi connectivity index (χ3n) is 6.11. The molecule has 3 rings (SSSR count). The lowest BCUT2D eigenvalue weighted by atomic mass is 9.80. The lowest BCUT2D eigenvalue weighted by molar-refractivity contribution is 0.101. The van der Waals surface area contributed by atoms with Gasteiger partial charge in [0.05, 0.1) is 6.10 Å². The molecule has 2 aliphatic carbocycles. The van der Waals surface area contributed by atoms with Gasteiger partial charge in [0.2, 0.25) is 0 Å². The Balaban J connectivity index is 1.68. The van der Waals surface area contributed by atoms with E-state index in [1.54, 1.807) is 0 Å². The fourth-order valence-corrected chi connectivity index (χ4v) is 4.65. The molecule has 2 fully saturated rings. The quantitative estimate of drug-likeness (QED) is 0.870. The molecule has 5 atom stereocenters. The van der Waals surface area contributed by atoms with Gasteiger partial charge in [-0.1, -0.05) is 24.6 Å². The number of hydrogen-bond donors (Lipinski definition) is 2. The molecule has 2 nitrogen and oxygen atoms in total. The van der Waals surface area contributed by atoms with Gasteiger partial charge in [-0.3, -0.25) is 0 Å². The first kappa shape index (κ1) is 15.1. The maximum atomic E-state index is 10.7. The van der Waals surface area contributed by atoms with Crippen molar-refractivity contribution in [3.63, 3.8) is 0 Å². The van der Waals surface area contributed by atoms with E-state index in [2.05, 4.69) is 32.0 Å². The third-order valence-corrected chi connectivity index (χ3v) is 6.11. The minimum absolute atomic E-state index is 0.0865. The highest BCUT2D eigenvalue weighted by atomic mass is 16.3. The molecule has 0 saturated heterocycles. The molecular formula is C19H29NO. The molecule has 0 heterocycles. The van der Waals surface area contributed by atoms with Gasteiger partial charge in [-0.05, 0) is 74.0 Å². The summed E-state index contributed by atoms with van der Waals surface area (Å²) in [5.41, 5.74) is 9.78. The van der Waals surface area contributed by atoms with Crippen molar-refractivity contribution in [2.24, 2.45) is 23.5 Å². The number of benzene rings is 1. The van der Waals surface area contributed by atoms with Crippen molar-refractivity contribution in [2.75, 3.05) is 6.54 Å². The van der Waals surface area contributed by atoms with Gasteiger partial charge in [-0.15, -0.1) is 0 Å². The molecule has 0 aliphatic heterocycles. The largest absolute Gasteiger partial charge is 0.392 e. The summed E-state index contributed by atoms with van der Waals surface area (Å²) in [6.07, 6.45) is 6.21. The standard InChI is InChI=1S/C19H29NO/c1-12-3-5-16(7-13(12)2)18(11-20)19(21)10-17-9-14-4-6-15(17)8-14/h3,5,7,14-15,17-19,21H,4,6,8-11,20H2,1-2H3. The summed E-state index contributed by atoms with van der Waals surface area (Å²) in [5, 5.41) is 10.7. The molecule has 1 aromatic rings. The van der Waals surface area contributed by atoms with Crippen LogP contribution in [0.4, 0.5) is 0 Å². The van der Waals surface area contributed by atoms with E-state index < -0.39 is 0 Å². The van der Waals surface area contributed by atoms with Gasteiger partial charge >= 0.3 is 0 Å². The first-order valence-electron chi connectivity index (χ1n) is 8.53. The minimum Gasteiger partial charge on any atom is -0.392 e. The van der Waals surface area contributed by atoms with Crippen LogP contribution in [0.3, 0.4) is 0 Å². The van der Waals surface area contributed by atoms with Crippen LogP contribution in [0.5, 0.6) is 0 Å². The van der Waals surface area contributed by atoms with Crippen LogP contribution in [0.25, 0.3) is 0 Å². The molecule has 2 aliphatic rings. The summed E-state index contributed by atoms with van der Waals surface area (Å²) in [6.45, 7) is 4.79. The van der Waals surface area contributed by atoms with Crippen LogP contribution >= 0.6 is 0 Å². The molecule has 5 unspecified atom stereocenters. The lowest BCUT2D eigenvalue weighted by Crippen LogP contribution is -2.29. The Hall–Kier alpha value is -0.860. The molecule has 2 bridgehead atoms. The van der Waals surface area contributed by atoms with Gasteiger partial charge in [0, 0.05) is 12.5 Å². The number of rotatable bonds is 5. The van der Waals surface area contributed by atoms with Gasteiger partial charge in [0.1, 0.15) is 0 Å². The van der Waals surface area contributed by atoms with Gasteiger partial charge in [0.25, 0.3) is 0 Å². The zero-order chi connectivity index (χ0) is 15.0. The molecule has 0 aromatic heterocycles. The van der Waals surface area contributed by atoms with Crippen LogP contribution < -0.4 is 5.73 Å². The van der Waals surface area contributed by atoms with E-state index in [4.69, 9.17) is 5.73 Å². The first-order valence-corrected chi connectivity index (χ1v) is 8.53. The Bertz CT molecular complexity index is 498. The molecule has 116 valence electrons. The van der Waals surface area contributed by atoms with Crippen LogP contribution in [0, 0.1) is 31.6 Å². The van der Waals surface area contributed by atoms with Crippen molar-refractivity contribution in [1.82, 2.24) is 0 Å². The molecule has 0 spiro atoms. The number of aliphatic hydroxyl groups is 1. The summed E-state index contributed by atoms with van der Waals surface area (Å²) in [5.74, 6) is 2.65. The molecule has 2 saturated carbocycles. The predicted molar refractivity (Wildman–Crippen MR) is 87.3 cm³/mol. The molecular weight excluding hydrogens is 258 g/mol. The van der Waals surface area contributed by atoms with E-state index in [0.717, 1.165) is 24.2 Å². The van der Waals surface area contributed by atoms with E-state index >= 15 is 0 Å². The van der Waals surface area contributed by atoms with Crippen LogP contribution in [-0.2, 0) is 0 Å². The topological polar surface area (TPSA) is 46.2 Å². The second-order valence-electron chi connectivity index (χ2n) is 7.42. The Morgan fingerprint density at radius 1 is 1.19 bits per heavy atom. The zero-order valence-corrected chi connectivity index (χ0v) is 13.4. The summed E-state index contributed by atoms with van der Waals surface area (Å²) in [7, 11) is 0. The highest BCUT2D eigenvalue weighted by Crippen LogP contribution is 2.50. The molecule has 21 heavy (non-hydrogen) atoms. The summed E-state index contributed by atoms with van der Waals surface area (Å²) in [6, 6.07) is 6.50. The summed E-state index contributed by atoms with van der Waals surface area (Å²) >= 11 is 0. The van der Waals surface area contributed by atoms with Crippen molar-refractivity contribution in [3.8, 4) is 0 Å². The summed E-state index contributed by atoms with van der Waals surface area (Å²) < 4.78 is 0. The van der Waals surface area contributed by atoms with Gasteiger partial charge < -0.3 is 10.8 Å². The third kappa shape index (κ3) is 3.02. The Morgan fingerprint density at radius 3 is 2.57 bits per heavy atom. The van der Waals surface area contributed by atoms with E-state index in [9.17, 15) is 5.11 Å². The number of fused-ring (bicyclic) bond motifs is 2. The fraction of sp³-hybridized carbons (Fsp3) is 0.684. The van der Waals surface area contributed by atoms with Gasteiger partial charge in [-0.25, -0.2) is 0 Å². The number of hydrogen-bond acceptors (Lipinski definition) is 2. The second kappa shape index (κ2) is 6.10. The van der Waals surface area contributed by atoms with Crippen LogP contribution in [0.1, 0.15) is 54.7 Å². The molecule has 0 radical (unpaired) electrons. The van der Waals surface area contributed by atoms with Crippen molar-refractivity contribution in [3.05, 3.63) is 34.9 Å². The summed E-state index contributed by atoms with van der Waals surface area (Å²) in [4.78, 5) is 0. The second-order valence-corrected chi connectivity index (χ2v) is 7.42. The highest BCUT2D eigenvalue weighted by molar-refractivity contribution is 5.32. The molecule has 0 amide bonds. The Kier molecular flexibility index (Phi) is 4.37. The SMILES string of the molecule is Cc1ccc(C(CN)C(O)CC2CC3CCC2C3)cc1C. The van der Waals surface area contributed by atoms with Crippen LogP contribution in [0.15, 0.2) is 18.2 Å². The lowest BCUT2D eigenvalue weighted by Gasteiger charge is -2.29. The maximum absolute atomic E-state index is 10.7. The maximum Gasteiger partial charge on any atom is 0.0623 e. The van der Waals surface area contributed by atoms with Gasteiger partial charge in [0.15, 0.2) is 0 Å². The average molecular weight is 287 g/mol. The Labute approximate surface area is 128 Å². The van der Waals surface area contributed by atoms with E-state index in [-0.39, 0.29) is 12.0 Å². The number of aryl methyl sites for hydroxylation is 2. The minimum atomic E-state index is -0.290. The monoisotopic (exact) mass is 287 g/mol. The van der Waals surface area contributed by atoms with Crippen molar-refractivity contribution >= 4 is 0 Å². The molecule has 3 N–H and O–H groups in total. The molecule has 2 heteroatoms. The van der Waals surface area contributed by atoms with Gasteiger partial charge in [-0.2, -0.15) is 0 Å². The normalized spacial score (nSPS) is 30.6. The van der Waals surface area contributed by atoms with Crippen molar-refractivity contribution < 1.29 is 5.11 Å². The fourth-order valence-electron chi connectivity index (χ4n) is 4.65. The van der Waals surface area contributed by atoms with E-state index in [1.165, 1.54) is 42.4 Å². The first-order chi connectivity index (χ1) is 10.1. The van der Waals surface area contributed by atoms with Crippen molar-refractivity contribution in [2.45, 2.75) is 58.0 Å². The highest BCUT2D eigenvalue weighted by Gasteiger charge is 2.40. The zero-order valence-electron chi connectivity index (χ0n) is 13.4. The average Bonchev–Trinajstić information content (AvgIpc) is 3.06. The molecule has 1 aromatic carbocycles. The van der Waals surface area contributed by atoms with Crippen LogP contribution in [-0.4, -0.2) is 17.8 Å². The predicted octanol–water partition coefficient (Wildman–Crippen LogP) is 3.53. The van der Waals surface area contributed by atoms with Crippen LogP contribution in [0.2, 0.25) is 0 Å².